The molecule has 0 saturated carbocycles. The number of aryl methyl sites for hydroxylation is 2. The van der Waals surface area contributed by atoms with E-state index < -0.39 is 0 Å². The van der Waals surface area contributed by atoms with E-state index in [0.29, 0.717) is 6.54 Å². The van der Waals surface area contributed by atoms with Crippen LogP contribution < -0.4 is 0 Å². The monoisotopic (exact) mass is 228 g/mol. The Balaban J connectivity index is 2.50. The predicted molar refractivity (Wildman–Crippen MR) is 66.5 cm³/mol. The lowest BCUT2D eigenvalue weighted by molar-refractivity contribution is 0.697. The average Bonchev–Trinajstić information content (AvgIpc) is 2.64. The number of hydrogen-bond acceptors (Lipinski definition) is 3. The smallest absolute Gasteiger partial charge is 0.160 e. The van der Waals surface area contributed by atoms with Crippen LogP contribution in [0.4, 0.5) is 0 Å². The third-order valence-corrected chi connectivity index (χ3v) is 2.78. The minimum atomic E-state index is 0.325. The molecule has 0 radical (unpaired) electrons. The Morgan fingerprint density at radius 2 is 2.29 bits per heavy atom. The molecule has 0 atom stereocenters. The van der Waals surface area contributed by atoms with E-state index in [0.717, 1.165) is 41.8 Å². The maximum atomic E-state index is 8.88. The van der Waals surface area contributed by atoms with Crippen molar-refractivity contribution in [3.8, 4) is 6.07 Å². The van der Waals surface area contributed by atoms with E-state index >= 15 is 0 Å². The highest BCUT2D eigenvalue weighted by atomic mass is 15.1. The van der Waals surface area contributed by atoms with Gasteiger partial charge in [-0.1, -0.05) is 13.3 Å². The van der Waals surface area contributed by atoms with Crippen LogP contribution in [-0.2, 0) is 13.0 Å². The van der Waals surface area contributed by atoms with Gasteiger partial charge in [0.15, 0.2) is 5.65 Å². The number of unbranched alkanes of at least 4 members (excludes halogenated alkanes) is 1. The fourth-order valence-corrected chi connectivity index (χ4v) is 1.92. The largest absolute Gasteiger partial charge is 0.299 e. The van der Waals surface area contributed by atoms with Crippen LogP contribution in [0.15, 0.2) is 12.3 Å². The summed E-state index contributed by atoms with van der Waals surface area (Å²) < 4.78 is 1.92. The molecule has 2 heterocycles. The van der Waals surface area contributed by atoms with Crippen LogP contribution in [0.25, 0.3) is 11.2 Å². The van der Waals surface area contributed by atoms with Gasteiger partial charge < -0.3 is 0 Å². The number of nitrogens with zero attached hydrogens (tertiary/aromatic N) is 4. The van der Waals surface area contributed by atoms with Crippen LogP contribution in [0.3, 0.4) is 0 Å². The minimum Gasteiger partial charge on any atom is -0.299 e. The molecule has 0 unspecified atom stereocenters. The molecule has 0 N–H and O–H groups in total. The fraction of sp³-hybridized carbons (Fsp3) is 0.462. The highest BCUT2D eigenvalue weighted by molar-refractivity contribution is 5.72. The maximum Gasteiger partial charge on any atom is 0.160 e. The molecule has 0 saturated heterocycles. The first kappa shape index (κ1) is 11.6. The number of pyridine rings is 1. The Labute approximate surface area is 101 Å². The van der Waals surface area contributed by atoms with E-state index in [4.69, 9.17) is 5.26 Å². The molecule has 2 aromatic rings. The SMILES string of the molecule is CCCCc1nc2cc(C)cnc2n1CC#N. The van der Waals surface area contributed by atoms with Crippen molar-refractivity contribution in [2.45, 2.75) is 39.7 Å². The van der Waals surface area contributed by atoms with Crippen molar-refractivity contribution in [1.29, 1.82) is 5.26 Å². The van der Waals surface area contributed by atoms with Crippen LogP contribution in [0.2, 0.25) is 0 Å². The average molecular weight is 228 g/mol. The van der Waals surface area contributed by atoms with Crippen LogP contribution in [0, 0.1) is 18.3 Å². The van der Waals surface area contributed by atoms with E-state index in [1.807, 2.05) is 23.8 Å². The molecule has 4 heteroatoms. The van der Waals surface area contributed by atoms with Gasteiger partial charge in [-0.2, -0.15) is 5.26 Å². The molecule has 17 heavy (non-hydrogen) atoms. The van der Waals surface area contributed by atoms with Crippen LogP contribution >= 0.6 is 0 Å². The molecule has 0 spiro atoms. The summed E-state index contributed by atoms with van der Waals surface area (Å²) in [6.45, 7) is 4.48. The number of rotatable bonds is 4. The predicted octanol–water partition coefficient (Wildman–Crippen LogP) is 2.61. The Morgan fingerprint density at radius 1 is 1.47 bits per heavy atom. The fourth-order valence-electron chi connectivity index (χ4n) is 1.92. The standard InChI is InChI=1S/C13H16N4/c1-3-4-5-12-16-11-8-10(2)9-15-13(11)17(12)7-6-14/h8-9H,3-5,7H2,1-2H3. The number of nitriles is 1. The van der Waals surface area contributed by atoms with Gasteiger partial charge in [0, 0.05) is 12.6 Å². The molecule has 0 aliphatic carbocycles. The molecule has 0 aliphatic heterocycles. The Morgan fingerprint density at radius 3 is 3.00 bits per heavy atom. The Hall–Kier alpha value is -1.89. The molecule has 0 amide bonds. The second-order valence-electron chi connectivity index (χ2n) is 4.23. The van der Waals surface area contributed by atoms with Gasteiger partial charge in [-0.15, -0.1) is 0 Å². The van der Waals surface area contributed by atoms with Gasteiger partial charge in [-0.05, 0) is 25.0 Å². The van der Waals surface area contributed by atoms with Crippen molar-refractivity contribution in [3.63, 3.8) is 0 Å². The van der Waals surface area contributed by atoms with Gasteiger partial charge in [0.2, 0.25) is 0 Å². The molecule has 0 bridgehead atoms. The molecule has 0 fully saturated rings. The summed E-state index contributed by atoms with van der Waals surface area (Å²) in [5.41, 5.74) is 2.82. The third kappa shape index (κ3) is 2.28. The molecule has 2 aromatic heterocycles. The van der Waals surface area contributed by atoms with Crippen LogP contribution in [0.1, 0.15) is 31.2 Å². The summed E-state index contributed by atoms with van der Waals surface area (Å²) in [7, 11) is 0. The van der Waals surface area contributed by atoms with Gasteiger partial charge >= 0.3 is 0 Å². The van der Waals surface area contributed by atoms with E-state index in [9.17, 15) is 0 Å². The van der Waals surface area contributed by atoms with Crippen molar-refractivity contribution < 1.29 is 0 Å². The van der Waals surface area contributed by atoms with Gasteiger partial charge in [0.1, 0.15) is 17.9 Å². The van der Waals surface area contributed by atoms with E-state index in [1.54, 1.807) is 0 Å². The molecule has 88 valence electrons. The highest BCUT2D eigenvalue weighted by Crippen LogP contribution is 2.16. The number of fused-ring (bicyclic) bond motifs is 1. The summed E-state index contributed by atoms with van der Waals surface area (Å²) in [5, 5.41) is 8.88. The number of hydrogen-bond donors (Lipinski definition) is 0. The van der Waals surface area contributed by atoms with Gasteiger partial charge in [-0.3, -0.25) is 4.57 Å². The van der Waals surface area contributed by atoms with Crippen molar-refractivity contribution in [2.75, 3.05) is 0 Å². The van der Waals surface area contributed by atoms with Crippen molar-refractivity contribution >= 4 is 11.2 Å². The highest BCUT2D eigenvalue weighted by Gasteiger charge is 2.11. The van der Waals surface area contributed by atoms with Gasteiger partial charge in [-0.25, -0.2) is 9.97 Å². The number of aromatic nitrogens is 3. The van der Waals surface area contributed by atoms with Crippen molar-refractivity contribution in [3.05, 3.63) is 23.7 Å². The van der Waals surface area contributed by atoms with Gasteiger partial charge in [0.25, 0.3) is 0 Å². The molecular formula is C13H16N4. The second kappa shape index (κ2) is 4.96. The maximum absolute atomic E-state index is 8.88. The molecule has 0 aliphatic rings. The summed E-state index contributed by atoms with van der Waals surface area (Å²) in [6, 6.07) is 4.20. The molecule has 0 aromatic carbocycles. The lowest BCUT2D eigenvalue weighted by Gasteiger charge is -2.02. The lowest BCUT2D eigenvalue weighted by atomic mass is 10.2. The first-order valence-corrected chi connectivity index (χ1v) is 5.95. The first-order chi connectivity index (χ1) is 8.26. The third-order valence-electron chi connectivity index (χ3n) is 2.78. The van der Waals surface area contributed by atoms with Crippen molar-refractivity contribution in [1.82, 2.24) is 14.5 Å². The summed E-state index contributed by atoms with van der Waals surface area (Å²) in [4.78, 5) is 8.96. The van der Waals surface area contributed by atoms with E-state index in [1.165, 1.54) is 0 Å². The summed E-state index contributed by atoms with van der Waals surface area (Å²) in [5.74, 6) is 0.974. The minimum absolute atomic E-state index is 0.325. The van der Waals surface area contributed by atoms with E-state index in [-0.39, 0.29) is 0 Å². The van der Waals surface area contributed by atoms with Crippen molar-refractivity contribution in [2.24, 2.45) is 0 Å². The second-order valence-corrected chi connectivity index (χ2v) is 4.23. The molecular weight excluding hydrogens is 212 g/mol. The zero-order chi connectivity index (χ0) is 12.3. The first-order valence-electron chi connectivity index (χ1n) is 5.95. The van der Waals surface area contributed by atoms with E-state index in [2.05, 4.69) is 23.0 Å². The normalized spacial score (nSPS) is 10.6. The van der Waals surface area contributed by atoms with Crippen LogP contribution in [0.5, 0.6) is 0 Å². The molecule has 2 rings (SSSR count). The quantitative estimate of drug-likeness (QED) is 0.808. The Bertz CT molecular complexity index is 563. The number of imidazole rings is 1. The van der Waals surface area contributed by atoms with Gasteiger partial charge in [0.05, 0.1) is 6.07 Å². The topological polar surface area (TPSA) is 54.5 Å². The summed E-state index contributed by atoms with van der Waals surface area (Å²) >= 11 is 0. The lowest BCUT2D eigenvalue weighted by Crippen LogP contribution is -2.03. The zero-order valence-electron chi connectivity index (χ0n) is 10.3. The molecule has 4 nitrogen and oxygen atoms in total. The van der Waals surface area contributed by atoms with Crippen LogP contribution in [-0.4, -0.2) is 14.5 Å². The zero-order valence-corrected chi connectivity index (χ0v) is 10.3. The Kier molecular flexibility index (Phi) is 3.38. The summed E-state index contributed by atoms with van der Waals surface area (Å²) in [6.07, 6.45) is 4.95.